The van der Waals surface area contributed by atoms with Gasteiger partial charge in [0.2, 0.25) is 0 Å². The number of oxazole rings is 1. The Morgan fingerprint density at radius 3 is 2.68 bits per heavy atom. The van der Waals surface area contributed by atoms with E-state index >= 15 is 0 Å². The number of carbonyl (C=O) groups is 1. The lowest BCUT2D eigenvalue weighted by atomic mass is 10.1. The average Bonchev–Trinajstić information content (AvgIpc) is 3.13. The fraction of sp³-hybridized carbons (Fsp3) is 0. The van der Waals surface area contributed by atoms with E-state index < -0.39 is 5.97 Å². The SMILES string of the molecule is O=C(O)c1cc(C=NNc2ccc(-c3cnco3)cc2)cc(I)c1O. The normalized spacial score (nSPS) is 10.9. The van der Waals surface area contributed by atoms with Gasteiger partial charge in [0.15, 0.2) is 12.2 Å². The zero-order chi connectivity index (χ0) is 17.8. The molecule has 0 bridgehead atoms. The first kappa shape index (κ1) is 17.0. The lowest BCUT2D eigenvalue weighted by Gasteiger charge is -2.04. The molecule has 0 radical (unpaired) electrons. The number of phenols is 1. The van der Waals surface area contributed by atoms with Crippen LogP contribution in [0, 0.1) is 3.57 Å². The zero-order valence-electron chi connectivity index (χ0n) is 12.7. The Labute approximate surface area is 156 Å². The van der Waals surface area contributed by atoms with Gasteiger partial charge in [-0.25, -0.2) is 9.78 Å². The Bertz CT molecular complexity index is 922. The summed E-state index contributed by atoms with van der Waals surface area (Å²) in [5, 5.41) is 22.9. The van der Waals surface area contributed by atoms with E-state index in [2.05, 4.69) is 15.5 Å². The third kappa shape index (κ3) is 3.97. The highest BCUT2D eigenvalue weighted by Gasteiger charge is 2.13. The van der Waals surface area contributed by atoms with Gasteiger partial charge in [-0.05, 0) is 64.6 Å². The summed E-state index contributed by atoms with van der Waals surface area (Å²) in [5.74, 6) is -0.766. The van der Waals surface area contributed by atoms with Crippen molar-refractivity contribution >= 4 is 40.5 Å². The standard InChI is InChI=1S/C17H12IN3O4/c18-14-6-10(5-13(16(14)22)17(23)24)7-20-21-12-3-1-11(2-4-12)15-8-19-9-25-15/h1-9,21-22H,(H,23,24). The van der Waals surface area contributed by atoms with E-state index in [4.69, 9.17) is 9.52 Å². The van der Waals surface area contributed by atoms with Gasteiger partial charge in [-0.1, -0.05) is 0 Å². The number of aromatic hydroxyl groups is 1. The Kier molecular flexibility index (Phi) is 4.98. The third-order valence-electron chi connectivity index (χ3n) is 3.33. The molecule has 0 amide bonds. The molecular formula is C17H12IN3O4. The molecule has 0 saturated carbocycles. The van der Waals surface area contributed by atoms with Crippen LogP contribution in [0.1, 0.15) is 15.9 Å². The largest absolute Gasteiger partial charge is 0.506 e. The minimum absolute atomic E-state index is 0.162. The molecule has 0 aliphatic carbocycles. The Hall–Kier alpha value is -2.88. The van der Waals surface area contributed by atoms with Gasteiger partial charge < -0.3 is 14.6 Å². The van der Waals surface area contributed by atoms with Crippen molar-refractivity contribution in [3.05, 3.63) is 63.7 Å². The number of anilines is 1. The predicted molar refractivity (Wildman–Crippen MR) is 101 cm³/mol. The van der Waals surface area contributed by atoms with E-state index in [1.807, 2.05) is 46.9 Å². The summed E-state index contributed by atoms with van der Waals surface area (Å²) in [6, 6.07) is 10.4. The van der Waals surface area contributed by atoms with E-state index in [9.17, 15) is 9.90 Å². The van der Waals surface area contributed by atoms with Crippen LogP contribution in [0.15, 0.2) is 58.5 Å². The van der Waals surface area contributed by atoms with Crippen LogP contribution in [-0.2, 0) is 0 Å². The number of hydrogen-bond acceptors (Lipinski definition) is 6. The molecule has 0 saturated heterocycles. The van der Waals surface area contributed by atoms with E-state index in [1.165, 1.54) is 18.7 Å². The highest BCUT2D eigenvalue weighted by molar-refractivity contribution is 14.1. The summed E-state index contributed by atoms with van der Waals surface area (Å²) in [7, 11) is 0. The third-order valence-corrected chi connectivity index (χ3v) is 4.15. The van der Waals surface area contributed by atoms with E-state index in [0.29, 0.717) is 14.9 Å². The van der Waals surface area contributed by atoms with Gasteiger partial charge in [0.1, 0.15) is 11.3 Å². The molecule has 3 aromatic rings. The molecule has 7 nitrogen and oxygen atoms in total. The second kappa shape index (κ2) is 7.34. The van der Waals surface area contributed by atoms with E-state index in [-0.39, 0.29) is 11.3 Å². The molecule has 0 aliphatic rings. The molecule has 25 heavy (non-hydrogen) atoms. The van der Waals surface area contributed by atoms with Crippen molar-refractivity contribution in [2.45, 2.75) is 0 Å². The van der Waals surface area contributed by atoms with Gasteiger partial charge in [-0.15, -0.1) is 0 Å². The lowest BCUT2D eigenvalue weighted by molar-refractivity contribution is 0.0693. The molecule has 2 aromatic carbocycles. The minimum atomic E-state index is -1.19. The maximum absolute atomic E-state index is 11.1. The lowest BCUT2D eigenvalue weighted by Crippen LogP contribution is -2.00. The van der Waals surface area contributed by atoms with Crippen molar-refractivity contribution in [1.82, 2.24) is 4.98 Å². The van der Waals surface area contributed by atoms with Crippen molar-refractivity contribution in [1.29, 1.82) is 0 Å². The molecule has 0 atom stereocenters. The molecule has 0 unspecified atom stereocenters. The average molecular weight is 449 g/mol. The highest BCUT2D eigenvalue weighted by Crippen LogP contribution is 2.26. The van der Waals surface area contributed by atoms with Gasteiger partial charge in [0.05, 0.1) is 21.7 Å². The second-order valence-corrected chi connectivity index (χ2v) is 6.18. The number of hydrazone groups is 1. The predicted octanol–water partition coefficient (Wildman–Crippen LogP) is 3.80. The van der Waals surface area contributed by atoms with Crippen LogP contribution in [0.3, 0.4) is 0 Å². The van der Waals surface area contributed by atoms with Crippen LogP contribution in [0.25, 0.3) is 11.3 Å². The Morgan fingerprint density at radius 1 is 1.28 bits per heavy atom. The van der Waals surface area contributed by atoms with Crippen LogP contribution in [0.4, 0.5) is 5.69 Å². The number of nitrogens with one attached hydrogen (secondary N) is 1. The number of carboxylic acids is 1. The molecule has 0 spiro atoms. The number of hydrogen-bond donors (Lipinski definition) is 3. The van der Waals surface area contributed by atoms with E-state index in [0.717, 1.165) is 11.3 Å². The number of rotatable bonds is 5. The monoisotopic (exact) mass is 449 g/mol. The Morgan fingerprint density at radius 2 is 2.04 bits per heavy atom. The number of nitrogens with zero attached hydrogens (tertiary/aromatic N) is 2. The van der Waals surface area contributed by atoms with Crippen LogP contribution >= 0.6 is 22.6 Å². The summed E-state index contributed by atoms with van der Waals surface area (Å²) >= 11 is 1.87. The fourth-order valence-corrected chi connectivity index (χ4v) is 2.76. The molecule has 0 aliphatic heterocycles. The molecular weight excluding hydrogens is 437 g/mol. The summed E-state index contributed by atoms with van der Waals surface area (Å²) in [6.07, 6.45) is 4.49. The van der Waals surface area contributed by atoms with Crippen LogP contribution in [0.2, 0.25) is 0 Å². The van der Waals surface area contributed by atoms with Gasteiger partial charge in [0.25, 0.3) is 0 Å². The van der Waals surface area contributed by atoms with Gasteiger partial charge >= 0.3 is 5.97 Å². The van der Waals surface area contributed by atoms with Crippen molar-refractivity contribution in [2.24, 2.45) is 5.10 Å². The summed E-state index contributed by atoms with van der Waals surface area (Å²) in [6.45, 7) is 0. The molecule has 3 N–H and O–H groups in total. The molecule has 8 heteroatoms. The first-order chi connectivity index (χ1) is 12.0. The Balaban J connectivity index is 1.72. The first-order valence-corrected chi connectivity index (χ1v) is 8.16. The minimum Gasteiger partial charge on any atom is -0.506 e. The maximum atomic E-state index is 11.1. The second-order valence-electron chi connectivity index (χ2n) is 5.02. The molecule has 3 rings (SSSR count). The van der Waals surface area contributed by atoms with Crippen LogP contribution in [0.5, 0.6) is 5.75 Å². The molecule has 1 aromatic heterocycles. The number of aromatic carboxylic acids is 1. The van der Waals surface area contributed by atoms with Crippen molar-refractivity contribution in [3.8, 4) is 17.1 Å². The molecule has 126 valence electrons. The quantitative estimate of drug-likeness (QED) is 0.311. The summed E-state index contributed by atoms with van der Waals surface area (Å²) in [4.78, 5) is 15.0. The number of benzene rings is 2. The fourth-order valence-electron chi connectivity index (χ4n) is 2.11. The first-order valence-electron chi connectivity index (χ1n) is 7.08. The topological polar surface area (TPSA) is 108 Å². The van der Waals surface area contributed by atoms with E-state index in [1.54, 1.807) is 12.3 Å². The zero-order valence-corrected chi connectivity index (χ0v) is 14.8. The molecule has 0 fully saturated rings. The van der Waals surface area contributed by atoms with Crippen molar-refractivity contribution < 1.29 is 19.4 Å². The van der Waals surface area contributed by atoms with Crippen molar-refractivity contribution in [3.63, 3.8) is 0 Å². The summed E-state index contributed by atoms with van der Waals surface area (Å²) < 4.78 is 5.66. The van der Waals surface area contributed by atoms with Gasteiger partial charge in [-0.2, -0.15) is 5.10 Å². The maximum Gasteiger partial charge on any atom is 0.339 e. The number of carboxylic acid groups (broad SMARTS) is 1. The van der Waals surface area contributed by atoms with Gasteiger partial charge in [0, 0.05) is 5.56 Å². The molecule has 1 heterocycles. The summed E-state index contributed by atoms with van der Waals surface area (Å²) in [5.41, 5.74) is 4.91. The highest BCUT2D eigenvalue weighted by atomic mass is 127. The van der Waals surface area contributed by atoms with Crippen molar-refractivity contribution in [2.75, 3.05) is 5.43 Å². The van der Waals surface area contributed by atoms with Crippen LogP contribution < -0.4 is 5.43 Å². The van der Waals surface area contributed by atoms with Crippen LogP contribution in [-0.4, -0.2) is 27.4 Å². The number of halogens is 1. The van der Waals surface area contributed by atoms with Gasteiger partial charge in [-0.3, -0.25) is 5.43 Å². The number of aromatic nitrogens is 1. The smallest absolute Gasteiger partial charge is 0.339 e.